The summed E-state index contributed by atoms with van der Waals surface area (Å²) < 4.78 is 35.5. The van der Waals surface area contributed by atoms with Crippen molar-refractivity contribution in [3.8, 4) is 0 Å². The molecule has 100 valence electrons. The molecule has 0 radical (unpaired) electrons. The van der Waals surface area contributed by atoms with E-state index in [9.17, 15) is 13.2 Å². The van der Waals surface area contributed by atoms with Gasteiger partial charge in [-0.05, 0) is 24.9 Å². The smallest absolute Gasteiger partial charge is 0.313 e. The molecule has 1 aromatic rings. The van der Waals surface area contributed by atoms with E-state index in [1.165, 1.54) is 0 Å². The van der Waals surface area contributed by atoms with Crippen LogP contribution in [0.4, 0.5) is 13.2 Å². The van der Waals surface area contributed by atoms with Crippen LogP contribution in [-0.4, -0.2) is 19.3 Å². The van der Waals surface area contributed by atoms with Gasteiger partial charge in [0.2, 0.25) is 0 Å². The highest BCUT2D eigenvalue weighted by Gasteiger charge is 2.25. The highest BCUT2D eigenvalue weighted by molar-refractivity contribution is 5.48. The minimum Gasteiger partial charge on any atom is -0.313 e. The molecule has 4 heteroatoms. The number of alkyl halides is 3. The summed E-state index contributed by atoms with van der Waals surface area (Å²) in [5, 5.41) is 3.09. The third kappa shape index (κ3) is 7.90. The molecule has 0 bridgehead atoms. The van der Waals surface area contributed by atoms with E-state index in [-0.39, 0.29) is 6.42 Å². The fraction of sp³-hybridized carbons (Fsp3) is 0.429. The summed E-state index contributed by atoms with van der Waals surface area (Å²) in [7, 11) is 0. The van der Waals surface area contributed by atoms with Crippen LogP contribution in [0.15, 0.2) is 36.4 Å². The van der Waals surface area contributed by atoms with Crippen LogP contribution in [-0.2, 0) is 0 Å². The van der Waals surface area contributed by atoms with Crippen molar-refractivity contribution < 1.29 is 13.2 Å². The minimum absolute atomic E-state index is 0.193. The largest absolute Gasteiger partial charge is 0.389 e. The van der Waals surface area contributed by atoms with E-state index in [0.717, 1.165) is 5.56 Å². The zero-order chi connectivity index (χ0) is 13.3. The van der Waals surface area contributed by atoms with E-state index < -0.39 is 12.6 Å². The number of rotatable bonds is 7. The van der Waals surface area contributed by atoms with Crippen LogP contribution < -0.4 is 5.32 Å². The third-order valence-electron chi connectivity index (χ3n) is 2.44. The summed E-state index contributed by atoms with van der Waals surface area (Å²) in [5.41, 5.74) is 1.12. The summed E-state index contributed by atoms with van der Waals surface area (Å²) in [5.74, 6) is 0. The normalized spacial score (nSPS) is 12.2. The summed E-state index contributed by atoms with van der Waals surface area (Å²) in [6.45, 7) is 1.30. The van der Waals surface area contributed by atoms with Crippen LogP contribution in [0.1, 0.15) is 24.8 Å². The predicted molar refractivity (Wildman–Crippen MR) is 68.3 cm³/mol. The number of halogens is 3. The Kier molecular flexibility index (Phi) is 6.50. The van der Waals surface area contributed by atoms with E-state index in [1.807, 2.05) is 42.5 Å². The van der Waals surface area contributed by atoms with Crippen molar-refractivity contribution >= 4 is 6.08 Å². The lowest BCUT2D eigenvalue weighted by molar-refractivity contribution is -0.135. The zero-order valence-electron chi connectivity index (χ0n) is 10.2. The SMILES string of the molecule is FC(F)(F)CCCCNC/C=C/c1ccccc1. The van der Waals surface area contributed by atoms with Crippen molar-refractivity contribution in [3.63, 3.8) is 0 Å². The minimum atomic E-state index is -4.02. The lowest BCUT2D eigenvalue weighted by Crippen LogP contribution is -2.16. The molecule has 0 saturated heterocycles. The summed E-state index contributed by atoms with van der Waals surface area (Å²) >= 11 is 0. The van der Waals surface area contributed by atoms with Gasteiger partial charge >= 0.3 is 6.18 Å². The Morgan fingerprint density at radius 3 is 2.44 bits per heavy atom. The van der Waals surface area contributed by atoms with Gasteiger partial charge in [-0.25, -0.2) is 0 Å². The second-order valence-electron chi connectivity index (χ2n) is 4.09. The lowest BCUT2D eigenvalue weighted by Gasteiger charge is -2.05. The molecule has 0 aliphatic heterocycles. The molecule has 18 heavy (non-hydrogen) atoms. The fourth-order valence-electron chi connectivity index (χ4n) is 1.52. The van der Waals surface area contributed by atoms with Crippen molar-refractivity contribution in [2.75, 3.05) is 13.1 Å². The molecule has 1 nitrogen and oxygen atoms in total. The van der Waals surface area contributed by atoms with Gasteiger partial charge in [-0.1, -0.05) is 42.5 Å². The first kappa shape index (κ1) is 14.8. The van der Waals surface area contributed by atoms with E-state index in [4.69, 9.17) is 0 Å². The number of nitrogens with one attached hydrogen (secondary N) is 1. The Morgan fingerprint density at radius 2 is 1.78 bits per heavy atom. The zero-order valence-corrected chi connectivity index (χ0v) is 10.2. The molecule has 1 N–H and O–H groups in total. The molecule has 0 atom stereocenters. The Bertz CT molecular complexity index is 344. The first-order chi connectivity index (χ1) is 8.58. The van der Waals surface area contributed by atoms with E-state index in [1.54, 1.807) is 0 Å². The first-order valence-corrected chi connectivity index (χ1v) is 6.07. The summed E-state index contributed by atoms with van der Waals surface area (Å²) in [6, 6.07) is 9.88. The van der Waals surface area contributed by atoms with E-state index >= 15 is 0 Å². The topological polar surface area (TPSA) is 12.0 Å². The third-order valence-corrected chi connectivity index (χ3v) is 2.44. The van der Waals surface area contributed by atoms with Crippen molar-refractivity contribution in [1.82, 2.24) is 5.32 Å². The molecule has 0 spiro atoms. The molecule has 1 rings (SSSR count). The number of hydrogen-bond acceptors (Lipinski definition) is 1. The van der Waals surface area contributed by atoms with Gasteiger partial charge in [0.15, 0.2) is 0 Å². The average molecular weight is 257 g/mol. The van der Waals surface area contributed by atoms with Crippen molar-refractivity contribution in [2.24, 2.45) is 0 Å². The van der Waals surface area contributed by atoms with E-state index in [0.29, 0.717) is 19.5 Å². The first-order valence-electron chi connectivity index (χ1n) is 6.07. The lowest BCUT2D eigenvalue weighted by atomic mass is 10.2. The molecular weight excluding hydrogens is 239 g/mol. The van der Waals surface area contributed by atoms with Gasteiger partial charge in [0.05, 0.1) is 0 Å². The molecule has 0 unspecified atom stereocenters. The average Bonchev–Trinajstić information content (AvgIpc) is 2.32. The quantitative estimate of drug-likeness (QED) is 0.727. The van der Waals surface area contributed by atoms with Crippen LogP contribution in [0.5, 0.6) is 0 Å². The number of benzene rings is 1. The maximum atomic E-state index is 11.8. The summed E-state index contributed by atoms with van der Waals surface area (Å²) in [4.78, 5) is 0. The van der Waals surface area contributed by atoms with Crippen molar-refractivity contribution in [2.45, 2.75) is 25.4 Å². The fourth-order valence-corrected chi connectivity index (χ4v) is 1.52. The molecular formula is C14H18F3N. The molecule has 0 aromatic heterocycles. The van der Waals surface area contributed by atoms with Crippen molar-refractivity contribution in [3.05, 3.63) is 42.0 Å². The van der Waals surface area contributed by atoms with Gasteiger partial charge in [0, 0.05) is 13.0 Å². The van der Waals surface area contributed by atoms with Crippen LogP contribution in [0.3, 0.4) is 0 Å². The Hall–Kier alpha value is -1.29. The molecule has 0 aliphatic rings. The monoisotopic (exact) mass is 257 g/mol. The van der Waals surface area contributed by atoms with Crippen LogP contribution in [0.25, 0.3) is 6.08 Å². The molecule has 1 aromatic carbocycles. The molecule has 0 fully saturated rings. The highest BCUT2D eigenvalue weighted by Crippen LogP contribution is 2.21. The standard InChI is InChI=1S/C14H18F3N/c15-14(16,17)10-4-5-11-18-12-6-9-13-7-2-1-3-8-13/h1-3,6-9,18H,4-5,10-12H2/b9-6+. The highest BCUT2D eigenvalue weighted by atomic mass is 19.4. The second-order valence-corrected chi connectivity index (χ2v) is 4.09. The number of unbranched alkanes of at least 4 members (excludes halogenated alkanes) is 1. The van der Waals surface area contributed by atoms with Gasteiger partial charge in [0.1, 0.15) is 0 Å². The summed E-state index contributed by atoms with van der Waals surface area (Å²) in [6.07, 6.45) is 0.00113. The molecule has 0 amide bonds. The van der Waals surface area contributed by atoms with Crippen molar-refractivity contribution in [1.29, 1.82) is 0 Å². The maximum absolute atomic E-state index is 11.8. The van der Waals surface area contributed by atoms with E-state index in [2.05, 4.69) is 5.32 Å². The predicted octanol–water partition coefficient (Wildman–Crippen LogP) is 4.02. The Labute approximate surface area is 106 Å². The maximum Gasteiger partial charge on any atom is 0.389 e. The van der Waals surface area contributed by atoms with Crippen LogP contribution in [0.2, 0.25) is 0 Å². The molecule has 0 saturated carbocycles. The van der Waals surface area contributed by atoms with Gasteiger partial charge in [-0.3, -0.25) is 0 Å². The van der Waals surface area contributed by atoms with Gasteiger partial charge < -0.3 is 5.32 Å². The Balaban J connectivity index is 2.01. The Morgan fingerprint density at radius 1 is 1.06 bits per heavy atom. The number of hydrogen-bond donors (Lipinski definition) is 1. The molecule has 0 aliphatic carbocycles. The molecule has 0 heterocycles. The second kappa shape index (κ2) is 7.93. The van der Waals surface area contributed by atoms with Gasteiger partial charge in [-0.15, -0.1) is 0 Å². The van der Waals surface area contributed by atoms with Gasteiger partial charge in [0.25, 0.3) is 0 Å². The van der Waals surface area contributed by atoms with Gasteiger partial charge in [-0.2, -0.15) is 13.2 Å². The van der Waals surface area contributed by atoms with Crippen LogP contribution in [0, 0.1) is 0 Å². The van der Waals surface area contributed by atoms with Crippen LogP contribution >= 0.6 is 0 Å².